The fourth-order valence-electron chi connectivity index (χ4n) is 2.73. The first-order valence-electron chi connectivity index (χ1n) is 7.00. The van der Waals surface area contributed by atoms with E-state index >= 15 is 0 Å². The first-order chi connectivity index (χ1) is 8.45. The van der Waals surface area contributed by atoms with Crippen LogP contribution in [-0.4, -0.2) is 12.1 Å². The van der Waals surface area contributed by atoms with Gasteiger partial charge in [0.1, 0.15) is 0 Å². The Morgan fingerprint density at radius 1 is 1.06 bits per heavy atom. The van der Waals surface area contributed by atoms with E-state index in [0.29, 0.717) is 5.41 Å². The summed E-state index contributed by atoms with van der Waals surface area (Å²) < 4.78 is 0. The lowest BCUT2D eigenvalue weighted by Gasteiger charge is -2.44. The highest BCUT2D eigenvalue weighted by Gasteiger charge is 2.37. The standard InChI is InChI=1S/C16H26N2/c1-13-4-6-14(7-5-13)18-16(12-17)10-8-15(2,3)9-11-16/h4-7,18H,8-12,17H2,1-3H3. The molecule has 0 spiro atoms. The average Bonchev–Trinajstić information content (AvgIpc) is 2.35. The zero-order chi connectivity index (χ0) is 13.2. The molecule has 100 valence electrons. The van der Waals surface area contributed by atoms with Crippen LogP contribution in [0.2, 0.25) is 0 Å². The van der Waals surface area contributed by atoms with Crippen LogP contribution in [0.1, 0.15) is 45.1 Å². The molecule has 0 saturated heterocycles. The van der Waals surface area contributed by atoms with Gasteiger partial charge in [-0.05, 0) is 50.2 Å². The molecule has 0 atom stereocenters. The molecular weight excluding hydrogens is 220 g/mol. The molecule has 0 bridgehead atoms. The Morgan fingerprint density at radius 2 is 1.61 bits per heavy atom. The lowest BCUT2D eigenvalue weighted by Crippen LogP contribution is -2.49. The van der Waals surface area contributed by atoms with Crippen LogP contribution in [0.3, 0.4) is 0 Å². The second-order valence-electron chi connectivity index (χ2n) is 6.64. The summed E-state index contributed by atoms with van der Waals surface area (Å²) in [4.78, 5) is 0. The molecule has 0 amide bonds. The smallest absolute Gasteiger partial charge is 0.0496 e. The van der Waals surface area contributed by atoms with Gasteiger partial charge in [0, 0.05) is 17.8 Å². The number of rotatable bonds is 3. The van der Waals surface area contributed by atoms with Crippen LogP contribution >= 0.6 is 0 Å². The number of hydrogen-bond acceptors (Lipinski definition) is 2. The summed E-state index contributed by atoms with van der Waals surface area (Å²) in [5.41, 5.74) is 9.12. The van der Waals surface area contributed by atoms with Crippen molar-refractivity contribution in [1.82, 2.24) is 0 Å². The first kappa shape index (κ1) is 13.4. The second-order valence-corrected chi connectivity index (χ2v) is 6.64. The maximum atomic E-state index is 6.04. The number of hydrogen-bond donors (Lipinski definition) is 2. The summed E-state index contributed by atoms with van der Waals surface area (Å²) in [6.45, 7) is 7.56. The molecule has 0 aromatic heterocycles. The molecule has 1 aromatic carbocycles. The largest absolute Gasteiger partial charge is 0.378 e. The third-order valence-corrected chi connectivity index (χ3v) is 4.41. The van der Waals surface area contributed by atoms with Crippen LogP contribution in [0.4, 0.5) is 5.69 Å². The number of anilines is 1. The zero-order valence-electron chi connectivity index (χ0n) is 11.9. The Kier molecular flexibility index (Phi) is 3.67. The maximum absolute atomic E-state index is 6.04. The van der Waals surface area contributed by atoms with Gasteiger partial charge < -0.3 is 11.1 Å². The Hall–Kier alpha value is -1.02. The summed E-state index contributed by atoms with van der Waals surface area (Å²) >= 11 is 0. The predicted octanol–water partition coefficient (Wildman–Crippen LogP) is 3.70. The van der Waals surface area contributed by atoms with E-state index in [1.807, 2.05) is 0 Å². The molecule has 0 radical (unpaired) electrons. The molecule has 1 aliphatic rings. The van der Waals surface area contributed by atoms with Crippen molar-refractivity contribution in [1.29, 1.82) is 0 Å². The van der Waals surface area contributed by atoms with Gasteiger partial charge in [0.05, 0.1) is 0 Å². The molecular formula is C16H26N2. The van der Waals surface area contributed by atoms with Crippen molar-refractivity contribution in [3.05, 3.63) is 29.8 Å². The minimum atomic E-state index is 0.102. The third kappa shape index (κ3) is 3.05. The third-order valence-electron chi connectivity index (χ3n) is 4.41. The Balaban J connectivity index is 2.07. The van der Waals surface area contributed by atoms with Gasteiger partial charge in [-0.2, -0.15) is 0 Å². The second kappa shape index (κ2) is 4.93. The quantitative estimate of drug-likeness (QED) is 0.853. The highest BCUT2D eigenvalue weighted by molar-refractivity contribution is 5.47. The van der Waals surface area contributed by atoms with Crippen molar-refractivity contribution in [3.8, 4) is 0 Å². The van der Waals surface area contributed by atoms with Crippen molar-refractivity contribution in [2.75, 3.05) is 11.9 Å². The van der Waals surface area contributed by atoms with Gasteiger partial charge in [-0.3, -0.25) is 0 Å². The van der Waals surface area contributed by atoms with E-state index in [4.69, 9.17) is 5.73 Å². The van der Waals surface area contributed by atoms with Crippen LogP contribution in [0, 0.1) is 12.3 Å². The SMILES string of the molecule is Cc1ccc(NC2(CN)CCC(C)(C)CC2)cc1. The van der Waals surface area contributed by atoms with Crippen molar-refractivity contribution in [2.24, 2.45) is 11.1 Å². The van der Waals surface area contributed by atoms with Crippen LogP contribution in [0.25, 0.3) is 0 Å². The Bertz CT molecular complexity index is 382. The highest BCUT2D eigenvalue weighted by atomic mass is 15.0. The Morgan fingerprint density at radius 3 is 2.11 bits per heavy atom. The molecule has 1 fully saturated rings. The topological polar surface area (TPSA) is 38.0 Å². The molecule has 0 aliphatic heterocycles. The molecule has 2 nitrogen and oxygen atoms in total. The molecule has 1 aromatic rings. The summed E-state index contributed by atoms with van der Waals surface area (Å²) in [5, 5.41) is 3.68. The number of benzene rings is 1. The van der Waals surface area contributed by atoms with Crippen LogP contribution < -0.4 is 11.1 Å². The summed E-state index contributed by atoms with van der Waals surface area (Å²) in [7, 11) is 0. The molecule has 0 unspecified atom stereocenters. The van der Waals surface area contributed by atoms with Crippen LogP contribution in [0.5, 0.6) is 0 Å². The summed E-state index contributed by atoms with van der Waals surface area (Å²) in [5.74, 6) is 0. The normalized spacial score (nSPS) is 21.6. The lowest BCUT2D eigenvalue weighted by atomic mass is 9.69. The number of aryl methyl sites for hydroxylation is 1. The van der Waals surface area contributed by atoms with E-state index in [1.54, 1.807) is 0 Å². The number of nitrogens with one attached hydrogen (secondary N) is 1. The molecule has 1 saturated carbocycles. The fraction of sp³-hybridized carbons (Fsp3) is 0.625. The van der Waals surface area contributed by atoms with Gasteiger partial charge in [-0.15, -0.1) is 0 Å². The summed E-state index contributed by atoms with van der Waals surface area (Å²) in [6.07, 6.45) is 4.85. The van der Waals surface area contributed by atoms with E-state index in [9.17, 15) is 0 Å². The van der Waals surface area contributed by atoms with E-state index < -0.39 is 0 Å². The molecule has 2 heteroatoms. The number of nitrogens with two attached hydrogens (primary N) is 1. The van der Waals surface area contributed by atoms with Gasteiger partial charge in [0.15, 0.2) is 0 Å². The minimum absolute atomic E-state index is 0.102. The van der Waals surface area contributed by atoms with Gasteiger partial charge in [0.2, 0.25) is 0 Å². The maximum Gasteiger partial charge on any atom is 0.0496 e. The van der Waals surface area contributed by atoms with Gasteiger partial charge in [-0.1, -0.05) is 31.5 Å². The predicted molar refractivity (Wildman–Crippen MR) is 78.8 cm³/mol. The van der Waals surface area contributed by atoms with E-state index in [-0.39, 0.29) is 5.54 Å². The molecule has 0 heterocycles. The average molecular weight is 246 g/mol. The molecule has 2 rings (SSSR count). The van der Waals surface area contributed by atoms with E-state index in [0.717, 1.165) is 6.54 Å². The van der Waals surface area contributed by atoms with Crippen molar-refractivity contribution < 1.29 is 0 Å². The first-order valence-corrected chi connectivity index (χ1v) is 7.00. The molecule has 3 N–H and O–H groups in total. The van der Waals surface area contributed by atoms with E-state index in [1.165, 1.54) is 36.9 Å². The van der Waals surface area contributed by atoms with Gasteiger partial charge in [-0.25, -0.2) is 0 Å². The molecule has 1 aliphatic carbocycles. The zero-order valence-corrected chi connectivity index (χ0v) is 11.9. The van der Waals surface area contributed by atoms with E-state index in [2.05, 4.69) is 50.4 Å². The van der Waals surface area contributed by atoms with Crippen molar-refractivity contribution in [3.63, 3.8) is 0 Å². The highest BCUT2D eigenvalue weighted by Crippen LogP contribution is 2.41. The van der Waals surface area contributed by atoms with Gasteiger partial charge in [0.25, 0.3) is 0 Å². The Labute approximate surface area is 111 Å². The fourth-order valence-corrected chi connectivity index (χ4v) is 2.73. The minimum Gasteiger partial charge on any atom is -0.378 e. The molecule has 18 heavy (non-hydrogen) atoms. The monoisotopic (exact) mass is 246 g/mol. The van der Waals surface area contributed by atoms with Crippen LogP contribution in [0.15, 0.2) is 24.3 Å². The van der Waals surface area contributed by atoms with Crippen LogP contribution in [-0.2, 0) is 0 Å². The van der Waals surface area contributed by atoms with Crippen molar-refractivity contribution >= 4 is 5.69 Å². The lowest BCUT2D eigenvalue weighted by molar-refractivity contribution is 0.182. The van der Waals surface area contributed by atoms with Crippen molar-refractivity contribution in [2.45, 2.75) is 52.0 Å². The van der Waals surface area contributed by atoms with Gasteiger partial charge >= 0.3 is 0 Å². The summed E-state index contributed by atoms with van der Waals surface area (Å²) in [6, 6.07) is 8.62.